The monoisotopic (exact) mass is 206 g/mol. The van der Waals surface area contributed by atoms with Crippen LogP contribution in [0.3, 0.4) is 0 Å². The number of halogens is 1. The van der Waals surface area contributed by atoms with Crippen LogP contribution >= 0.6 is 11.6 Å². The van der Waals surface area contributed by atoms with Crippen molar-refractivity contribution in [2.45, 2.75) is 13.3 Å². The van der Waals surface area contributed by atoms with E-state index in [-0.39, 0.29) is 5.57 Å². The lowest BCUT2D eigenvalue weighted by Crippen LogP contribution is -2.35. The van der Waals surface area contributed by atoms with Crippen LogP contribution in [0.1, 0.15) is 13.3 Å². The third-order valence-electron chi connectivity index (χ3n) is 1.73. The van der Waals surface area contributed by atoms with Gasteiger partial charge in [-0.2, -0.15) is 0 Å². The van der Waals surface area contributed by atoms with Gasteiger partial charge in [0.25, 0.3) is 0 Å². The quantitative estimate of drug-likeness (QED) is 0.562. The van der Waals surface area contributed by atoms with E-state index in [1.165, 1.54) is 6.92 Å². The molecule has 0 aromatic carbocycles. The Bertz CT molecular complexity index is 228. The van der Waals surface area contributed by atoms with Crippen molar-refractivity contribution < 1.29 is 14.4 Å². The van der Waals surface area contributed by atoms with Crippen LogP contribution in [0.25, 0.3) is 0 Å². The van der Waals surface area contributed by atoms with Gasteiger partial charge in [-0.05, 0) is 6.92 Å². The molecule has 0 rings (SSSR count). The summed E-state index contributed by atoms with van der Waals surface area (Å²) in [5.74, 6) is -0.939. The minimum Gasteiger partial charge on any atom is -0.478 e. The third-order valence-corrected chi connectivity index (χ3v) is 2.20. The summed E-state index contributed by atoms with van der Waals surface area (Å²) in [6, 6.07) is 0. The van der Waals surface area contributed by atoms with E-state index >= 15 is 0 Å². The Labute approximate surface area is 84.2 Å². The molecule has 0 unspecified atom stereocenters. The summed E-state index contributed by atoms with van der Waals surface area (Å²) in [5.41, 5.74) is 0.245. The highest BCUT2D eigenvalue weighted by Gasteiger charge is 2.11. The van der Waals surface area contributed by atoms with Crippen LogP contribution in [0, 0.1) is 0 Å². The zero-order valence-electron chi connectivity index (χ0n) is 8.59. The van der Waals surface area contributed by atoms with E-state index in [4.69, 9.17) is 16.7 Å². The maximum Gasteiger partial charge on any atom is 0.332 e. The first-order chi connectivity index (χ1) is 5.74. The van der Waals surface area contributed by atoms with Crippen LogP contribution in [0.5, 0.6) is 0 Å². The molecular weight excluding hydrogens is 190 g/mol. The second-order valence-corrected chi connectivity index (χ2v) is 4.56. The summed E-state index contributed by atoms with van der Waals surface area (Å²) in [6.07, 6.45) is 0.614. The molecule has 3 nitrogen and oxygen atoms in total. The molecule has 13 heavy (non-hydrogen) atoms. The number of carboxylic acid groups (broad SMARTS) is 1. The molecule has 0 bridgehead atoms. The normalized spacial score (nSPS) is 13.9. The smallest absolute Gasteiger partial charge is 0.332 e. The topological polar surface area (TPSA) is 37.3 Å². The molecule has 0 radical (unpaired) electrons. The Hall–Kier alpha value is -0.540. The first-order valence-corrected chi connectivity index (χ1v) is 4.51. The van der Waals surface area contributed by atoms with E-state index < -0.39 is 5.97 Å². The fourth-order valence-corrected chi connectivity index (χ4v) is 0.902. The number of hydrogen-bond donors (Lipinski definition) is 1. The number of rotatable bonds is 4. The van der Waals surface area contributed by atoms with Gasteiger partial charge in [0, 0.05) is 17.0 Å². The third kappa shape index (κ3) is 5.66. The van der Waals surface area contributed by atoms with Crippen molar-refractivity contribution >= 4 is 17.6 Å². The van der Waals surface area contributed by atoms with Gasteiger partial charge in [-0.25, -0.2) is 4.79 Å². The summed E-state index contributed by atoms with van der Waals surface area (Å²) in [6.45, 7) is 2.36. The molecule has 0 aliphatic heterocycles. The summed E-state index contributed by atoms with van der Waals surface area (Å²) in [4.78, 5) is 10.5. The van der Waals surface area contributed by atoms with E-state index in [9.17, 15) is 4.79 Å². The summed E-state index contributed by atoms with van der Waals surface area (Å²) >= 11 is 5.82. The second-order valence-electron chi connectivity index (χ2n) is 4.10. The average Bonchev–Trinajstić information content (AvgIpc) is 1.97. The molecular formula is C9H17ClNO2+. The highest BCUT2D eigenvalue weighted by atomic mass is 35.5. The van der Waals surface area contributed by atoms with Gasteiger partial charge in [0.05, 0.1) is 27.7 Å². The molecule has 76 valence electrons. The molecule has 0 spiro atoms. The zero-order chi connectivity index (χ0) is 10.6. The minimum absolute atomic E-state index is 0.245. The largest absolute Gasteiger partial charge is 0.478 e. The first-order valence-electron chi connectivity index (χ1n) is 4.13. The Morgan fingerprint density at radius 1 is 1.38 bits per heavy atom. The highest BCUT2D eigenvalue weighted by molar-refractivity contribution is 6.31. The van der Waals surface area contributed by atoms with E-state index in [0.717, 1.165) is 11.0 Å². The number of hydrogen-bond acceptors (Lipinski definition) is 1. The van der Waals surface area contributed by atoms with Gasteiger partial charge in [-0.3, -0.25) is 0 Å². The van der Waals surface area contributed by atoms with Crippen molar-refractivity contribution in [2.24, 2.45) is 0 Å². The molecule has 0 fully saturated rings. The number of aliphatic carboxylic acids is 1. The summed E-state index contributed by atoms with van der Waals surface area (Å²) < 4.78 is 0.781. The Morgan fingerprint density at radius 2 is 1.85 bits per heavy atom. The lowest BCUT2D eigenvalue weighted by Gasteiger charge is -2.23. The van der Waals surface area contributed by atoms with Crippen molar-refractivity contribution in [3.8, 4) is 0 Å². The minimum atomic E-state index is -0.939. The molecule has 0 aromatic heterocycles. The molecule has 0 aliphatic carbocycles. The van der Waals surface area contributed by atoms with Crippen molar-refractivity contribution in [3.05, 3.63) is 10.6 Å². The molecule has 0 amide bonds. The van der Waals surface area contributed by atoms with Gasteiger partial charge >= 0.3 is 5.97 Å². The fraction of sp³-hybridized carbons (Fsp3) is 0.667. The van der Waals surface area contributed by atoms with Gasteiger partial charge in [-0.1, -0.05) is 11.6 Å². The number of carbonyl (C=O) groups is 1. The van der Waals surface area contributed by atoms with Gasteiger partial charge in [-0.15, -0.1) is 0 Å². The summed E-state index contributed by atoms with van der Waals surface area (Å²) in [5, 5.41) is 9.08. The van der Waals surface area contributed by atoms with Crippen molar-refractivity contribution in [1.29, 1.82) is 0 Å². The number of nitrogens with zero attached hydrogens (tertiary/aromatic N) is 1. The zero-order valence-corrected chi connectivity index (χ0v) is 9.35. The van der Waals surface area contributed by atoms with Crippen molar-refractivity contribution in [3.63, 3.8) is 0 Å². The maximum atomic E-state index is 10.5. The molecule has 0 saturated carbocycles. The molecule has 4 heteroatoms. The predicted octanol–water partition coefficient (Wildman–Crippen LogP) is 1.68. The van der Waals surface area contributed by atoms with E-state index in [0.29, 0.717) is 11.5 Å². The molecule has 0 aliphatic rings. The number of quaternary nitrogens is 1. The van der Waals surface area contributed by atoms with Crippen LogP contribution in [0.2, 0.25) is 0 Å². The molecule has 0 aromatic rings. The number of carboxylic acids is 1. The van der Waals surface area contributed by atoms with Crippen molar-refractivity contribution in [1.82, 2.24) is 0 Å². The fourth-order valence-electron chi connectivity index (χ4n) is 0.737. The van der Waals surface area contributed by atoms with E-state index in [1.807, 2.05) is 21.1 Å². The van der Waals surface area contributed by atoms with Gasteiger partial charge in [0.2, 0.25) is 0 Å². The van der Waals surface area contributed by atoms with Crippen LogP contribution in [0.15, 0.2) is 10.6 Å². The van der Waals surface area contributed by atoms with Gasteiger partial charge < -0.3 is 9.59 Å². The molecule has 0 heterocycles. The Balaban J connectivity index is 4.23. The first kappa shape index (κ1) is 12.5. The van der Waals surface area contributed by atoms with E-state index in [1.54, 1.807) is 0 Å². The SMILES string of the molecule is CC(C(=O)O)=C(Cl)CC[N+](C)(C)C. The lowest BCUT2D eigenvalue weighted by molar-refractivity contribution is -0.870. The van der Waals surface area contributed by atoms with Crippen molar-refractivity contribution in [2.75, 3.05) is 27.7 Å². The van der Waals surface area contributed by atoms with Crippen LogP contribution in [-0.4, -0.2) is 43.2 Å². The Kier molecular flexibility index (Phi) is 4.44. The second kappa shape index (κ2) is 4.63. The summed E-state index contributed by atoms with van der Waals surface area (Å²) in [7, 11) is 6.13. The van der Waals surface area contributed by atoms with Gasteiger partial charge in [0.15, 0.2) is 0 Å². The standard InChI is InChI=1S/C9H16ClNO2/c1-7(9(12)13)8(10)5-6-11(2,3)4/h5-6H2,1-4H3/p+1. The average molecular weight is 207 g/mol. The van der Waals surface area contributed by atoms with Gasteiger partial charge in [0.1, 0.15) is 0 Å². The van der Waals surface area contributed by atoms with Crippen LogP contribution in [0.4, 0.5) is 0 Å². The Morgan fingerprint density at radius 3 is 2.15 bits per heavy atom. The van der Waals surface area contributed by atoms with E-state index in [2.05, 4.69) is 0 Å². The lowest BCUT2D eigenvalue weighted by atomic mass is 10.2. The molecule has 1 N–H and O–H groups in total. The highest BCUT2D eigenvalue weighted by Crippen LogP contribution is 2.14. The predicted molar refractivity (Wildman–Crippen MR) is 53.7 cm³/mol. The maximum absolute atomic E-state index is 10.5. The van der Waals surface area contributed by atoms with Crippen LogP contribution < -0.4 is 0 Å². The van der Waals surface area contributed by atoms with Crippen LogP contribution in [-0.2, 0) is 4.79 Å². The molecule has 0 saturated heterocycles. The molecule has 0 atom stereocenters.